The van der Waals surface area contributed by atoms with Gasteiger partial charge in [-0.3, -0.25) is 0 Å². The highest BCUT2D eigenvalue weighted by Crippen LogP contribution is 2.24. The van der Waals surface area contributed by atoms with Crippen molar-refractivity contribution < 1.29 is 18.3 Å². The zero-order chi connectivity index (χ0) is 16.8. The highest BCUT2D eigenvalue weighted by atomic mass is 19.1. The molecule has 130 valence electrons. The first-order chi connectivity index (χ1) is 11.8. The lowest BCUT2D eigenvalue weighted by Crippen LogP contribution is -2.29. The third-order valence-electron chi connectivity index (χ3n) is 3.88. The Morgan fingerprint density at radius 1 is 1.46 bits per heavy atom. The third kappa shape index (κ3) is 4.24. The van der Waals surface area contributed by atoms with E-state index in [9.17, 15) is 4.39 Å². The van der Waals surface area contributed by atoms with E-state index in [-0.39, 0.29) is 6.61 Å². The summed E-state index contributed by atoms with van der Waals surface area (Å²) in [5.74, 6) is 1.25. The molecule has 0 bridgehead atoms. The molecule has 1 fully saturated rings. The van der Waals surface area contributed by atoms with Crippen LogP contribution in [-0.4, -0.2) is 44.9 Å². The van der Waals surface area contributed by atoms with Crippen molar-refractivity contribution in [3.8, 4) is 5.75 Å². The average Bonchev–Trinajstić information content (AvgIpc) is 2.95. The fraction of sp³-hybridized carbons (Fsp3) is 0.471. The van der Waals surface area contributed by atoms with Crippen LogP contribution in [0.25, 0.3) is 11.1 Å². The minimum Gasteiger partial charge on any atom is -0.489 e. The molecule has 2 aromatic rings. The van der Waals surface area contributed by atoms with Crippen molar-refractivity contribution in [1.82, 2.24) is 10.3 Å². The van der Waals surface area contributed by atoms with E-state index >= 15 is 0 Å². The molecule has 1 aliphatic rings. The molecule has 0 saturated carbocycles. The van der Waals surface area contributed by atoms with E-state index in [1.165, 1.54) is 0 Å². The van der Waals surface area contributed by atoms with E-state index in [1.54, 1.807) is 19.2 Å². The smallest absolute Gasteiger partial charge is 0.295 e. The van der Waals surface area contributed by atoms with Crippen LogP contribution in [0.3, 0.4) is 0 Å². The Labute approximate surface area is 140 Å². The molecule has 6 nitrogen and oxygen atoms in total. The van der Waals surface area contributed by atoms with E-state index in [0.29, 0.717) is 41.7 Å². The molecular weight excluding hydrogens is 313 g/mol. The summed E-state index contributed by atoms with van der Waals surface area (Å²) in [6.45, 7) is 3.13. The Bertz CT molecular complexity index is 697. The Hall–Kier alpha value is -2.12. The summed E-state index contributed by atoms with van der Waals surface area (Å²) in [4.78, 5) is 4.39. The van der Waals surface area contributed by atoms with Gasteiger partial charge < -0.3 is 24.5 Å². The Balaban J connectivity index is 1.56. The van der Waals surface area contributed by atoms with E-state index in [1.807, 2.05) is 6.07 Å². The molecule has 0 spiro atoms. The highest BCUT2D eigenvalue weighted by molar-refractivity contribution is 5.76. The number of nitrogens with zero attached hydrogens (tertiary/aromatic N) is 1. The first kappa shape index (κ1) is 16.7. The SMILES string of the molecule is CNC/C(=C/F)COc1ccc2nc(NCCC3COC3)oc2c1. The normalized spacial score (nSPS) is 15.5. The molecular formula is C17H22FN3O3. The monoisotopic (exact) mass is 335 g/mol. The predicted molar refractivity (Wildman–Crippen MR) is 90.0 cm³/mol. The lowest BCUT2D eigenvalue weighted by molar-refractivity contribution is -0.0338. The fourth-order valence-corrected chi connectivity index (χ4v) is 2.43. The van der Waals surface area contributed by atoms with Gasteiger partial charge in [0.1, 0.15) is 17.9 Å². The minimum atomic E-state index is 0.186. The number of aromatic nitrogens is 1. The number of ether oxygens (including phenoxy) is 2. The summed E-state index contributed by atoms with van der Waals surface area (Å²) in [6, 6.07) is 5.90. The van der Waals surface area contributed by atoms with Crippen LogP contribution < -0.4 is 15.4 Å². The number of nitrogens with one attached hydrogen (secondary N) is 2. The van der Waals surface area contributed by atoms with Crippen molar-refractivity contribution >= 4 is 17.1 Å². The summed E-state index contributed by atoms with van der Waals surface area (Å²) < 4.78 is 29.1. The molecule has 0 atom stereocenters. The average molecular weight is 335 g/mol. The maximum Gasteiger partial charge on any atom is 0.295 e. The van der Waals surface area contributed by atoms with Crippen molar-refractivity contribution in [3.63, 3.8) is 0 Å². The second-order valence-corrected chi connectivity index (χ2v) is 5.85. The van der Waals surface area contributed by atoms with Crippen LogP contribution in [-0.2, 0) is 4.74 Å². The van der Waals surface area contributed by atoms with Crippen LogP contribution in [0.15, 0.2) is 34.5 Å². The van der Waals surface area contributed by atoms with Gasteiger partial charge in [0.05, 0.1) is 19.5 Å². The minimum absolute atomic E-state index is 0.186. The van der Waals surface area contributed by atoms with Gasteiger partial charge in [-0.2, -0.15) is 4.98 Å². The van der Waals surface area contributed by atoms with Crippen molar-refractivity contribution in [2.45, 2.75) is 6.42 Å². The zero-order valence-electron chi connectivity index (χ0n) is 13.7. The van der Waals surface area contributed by atoms with Gasteiger partial charge in [0.2, 0.25) is 0 Å². The summed E-state index contributed by atoms with van der Waals surface area (Å²) in [5, 5.41) is 6.08. The Morgan fingerprint density at radius 2 is 2.33 bits per heavy atom. The van der Waals surface area contributed by atoms with Crippen LogP contribution in [0, 0.1) is 5.92 Å². The molecule has 0 radical (unpaired) electrons. The van der Waals surface area contributed by atoms with Crippen LogP contribution in [0.2, 0.25) is 0 Å². The number of likely N-dealkylation sites (N-methyl/N-ethyl adjacent to an activating group) is 1. The second-order valence-electron chi connectivity index (χ2n) is 5.85. The Morgan fingerprint density at radius 3 is 3.04 bits per heavy atom. The maximum atomic E-state index is 12.7. The van der Waals surface area contributed by atoms with Crippen molar-refractivity contribution in [3.05, 3.63) is 30.1 Å². The topological polar surface area (TPSA) is 68.5 Å². The van der Waals surface area contributed by atoms with Gasteiger partial charge in [-0.1, -0.05) is 0 Å². The molecule has 0 aliphatic carbocycles. The molecule has 0 unspecified atom stereocenters. The van der Waals surface area contributed by atoms with Gasteiger partial charge in [-0.25, -0.2) is 4.39 Å². The summed E-state index contributed by atoms with van der Waals surface area (Å²) in [6.07, 6.45) is 1.61. The van der Waals surface area contributed by atoms with Gasteiger partial charge in [-0.05, 0) is 25.6 Å². The number of anilines is 1. The standard InChI is InChI=1S/C17H22FN3O3/c1-19-8-13(7-18)11-23-14-2-3-15-16(6-14)24-17(21-15)20-5-4-12-9-22-10-12/h2-3,6-7,12,19H,4-5,8-11H2,1H3,(H,20,21)/b13-7-. The molecule has 1 saturated heterocycles. The quantitative estimate of drug-likeness (QED) is 0.734. The number of benzene rings is 1. The van der Waals surface area contributed by atoms with E-state index < -0.39 is 0 Å². The molecule has 2 N–H and O–H groups in total. The number of hydrogen-bond donors (Lipinski definition) is 2. The molecule has 1 aromatic carbocycles. The zero-order valence-corrected chi connectivity index (χ0v) is 13.7. The molecule has 7 heteroatoms. The van der Waals surface area contributed by atoms with E-state index in [4.69, 9.17) is 13.9 Å². The molecule has 1 aromatic heterocycles. The van der Waals surface area contributed by atoms with Crippen LogP contribution in [0.5, 0.6) is 5.75 Å². The first-order valence-electron chi connectivity index (χ1n) is 8.06. The largest absolute Gasteiger partial charge is 0.489 e. The molecule has 0 amide bonds. The van der Waals surface area contributed by atoms with Gasteiger partial charge in [0, 0.05) is 30.6 Å². The molecule has 1 aliphatic heterocycles. The van der Waals surface area contributed by atoms with Gasteiger partial charge in [0.25, 0.3) is 6.01 Å². The number of oxazole rings is 1. The highest BCUT2D eigenvalue weighted by Gasteiger charge is 2.17. The van der Waals surface area contributed by atoms with Crippen LogP contribution in [0.1, 0.15) is 6.42 Å². The lowest BCUT2D eigenvalue weighted by atomic mass is 10.0. The van der Waals surface area contributed by atoms with Gasteiger partial charge >= 0.3 is 0 Å². The third-order valence-corrected chi connectivity index (χ3v) is 3.88. The lowest BCUT2D eigenvalue weighted by Gasteiger charge is -2.25. The van der Waals surface area contributed by atoms with Gasteiger partial charge in [0.15, 0.2) is 5.58 Å². The van der Waals surface area contributed by atoms with Crippen molar-refractivity contribution in [2.75, 3.05) is 45.3 Å². The number of halogens is 1. The number of rotatable bonds is 9. The van der Waals surface area contributed by atoms with Crippen molar-refractivity contribution in [2.24, 2.45) is 5.92 Å². The predicted octanol–water partition coefficient (Wildman–Crippen LogP) is 2.73. The van der Waals surface area contributed by atoms with Gasteiger partial charge in [-0.15, -0.1) is 0 Å². The molecule has 3 rings (SSSR count). The number of fused-ring (bicyclic) bond motifs is 1. The Kier molecular flexibility index (Phi) is 5.66. The second kappa shape index (κ2) is 8.12. The maximum absolute atomic E-state index is 12.7. The summed E-state index contributed by atoms with van der Waals surface area (Å²) >= 11 is 0. The van der Waals surface area contributed by atoms with Crippen molar-refractivity contribution in [1.29, 1.82) is 0 Å². The van der Waals surface area contributed by atoms with E-state index in [0.717, 1.165) is 31.7 Å². The van der Waals surface area contributed by atoms with Crippen LogP contribution >= 0.6 is 0 Å². The summed E-state index contributed by atoms with van der Waals surface area (Å²) in [5.41, 5.74) is 1.94. The van der Waals surface area contributed by atoms with Crippen LogP contribution in [0.4, 0.5) is 10.4 Å². The molecule has 24 heavy (non-hydrogen) atoms. The van der Waals surface area contributed by atoms with E-state index in [2.05, 4.69) is 15.6 Å². The first-order valence-corrected chi connectivity index (χ1v) is 8.06. The molecule has 2 heterocycles. The number of hydrogen-bond acceptors (Lipinski definition) is 6. The fourth-order valence-electron chi connectivity index (χ4n) is 2.43. The summed E-state index contributed by atoms with van der Waals surface area (Å²) in [7, 11) is 1.76.